The molecule has 174 valence electrons. The first-order chi connectivity index (χ1) is 15.1. The second-order valence-corrected chi connectivity index (χ2v) is 7.79. The van der Waals surface area contributed by atoms with E-state index in [1.54, 1.807) is 7.05 Å². The maximum absolute atomic E-state index is 12.3. The highest BCUT2D eigenvalue weighted by molar-refractivity contribution is 14.0. The van der Waals surface area contributed by atoms with Gasteiger partial charge in [-0.25, -0.2) is 0 Å². The highest BCUT2D eigenvalue weighted by atomic mass is 127. The van der Waals surface area contributed by atoms with Crippen LogP contribution in [0.4, 0.5) is 5.69 Å². The highest BCUT2D eigenvalue weighted by Crippen LogP contribution is 2.12. The number of nitrogens with one attached hydrogen (secondary N) is 3. The molecule has 1 saturated heterocycles. The third-order valence-corrected chi connectivity index (χ3v) is 5.28. The van der Waals surface area contributed by atoms with Crippen molar-refractivity contribution in [2.75, 3.05) is 45.2 Å². The Morgan fingerprint density at radius 1 is 1.06 bits per heavy atom. The lowest BCUT2D eigenvalue weighted by Gasteiger charge is -2.26. The van der Waals surface area contributed by atoms with Crippen LogP contribution in [0.2, 0.25) is 5.02 Å². The van der Waals surface area contributed by atoms with Crippen LogP contribution in [-0.4, -0.2) is 56.7 Å². The van der Waals surface area contributed by atoms with Gasteiger partial charge in [-0.05, 0) is 35.4 Å². The molecule has 1 heterocycles. The Hall–Kier alpha value is -1.88. The van der Waals surface area contributed by atoms with Gasteiger partial charge in [0.15, 0.2) is 5.96 Å². The molecule has 3 N–H and O–H groups in total. The number of amides is 1. The molecule has 1 aliphatic rings. The van der Waals surface area contributed by atoms with Crippen molar-refractivity contribution in [2.24, 2.45) is 4.99 Å². The van der Waals surface area contributed by atoms with Gasteiger partial charge in [0, 0.05) is 56.9 Å². The van der Waals surface area contributed by atoms with Crippen LogP contribution in [0, 0.1) is 0 Å². The summed E-state index contributed by atoms with van der Waals surface area (Å²) in [6, 6.07) is 15.5. The zero-order chi connectivity index (χ0) is 21.9. The average molecular weight is 572 g/mol. The number of halogens is 2. The Balaban J connectivity index is 0.00000363. The van der Waals surface area contributed by atoms with Crippen LogP contribution in [0.1, 0.15) is 17.5 Å². The quantitative estimate of drug-likeness (QED) is 0.257. The number of morpholine rings is 1. The molecule has 1 amide bonds. The van der Waals surface area contributed by atoms with Crippen LogP contribution in [0.5, 0.6) is 0 Å². The fourth-order valence-electron chi connectivity index (χ4n) is 3.26. The predicted molar refractivity (Wildman–Crippen MR) is 141 cm³/mol. The summed E-state index contributed by atoms with van der Waals surface area (Å²) in [5, 5.41) is 10.3. The second-order valence-electron chi connectivity index (χ2n) is 7.36. The molecule has 0 spiro atoms. The summed E-state index contributed by atoms with van der Waals surface area (Å²) in [4.78, 5) is 18.8. The number of guanidine groups is 1. The number of hydrogen-bond donors (Lipinski definition) is 3. The van der Waals surface area contributed by atoms with E-state index in [-0.39, 0.29) is 29.9 Å². The first-order valence-electron chi connectivity index (χ1n) is 10.5. The smallest absolute Gasteiger partial charge is 0.225 e. The number of anilines is 1. The molecule has 0 radical (unpaired) electrons. The number of aliphatic imine (C=N–C) groups is 1. The van der Waals surface area contributed by atoms with Gasteiger partial charge in [0.1, 0.15) is 0 Å². The third-order valence-electron chi connectivity index (χ3n) is 5.03. The number of carbonyl (C=O) groups excluding carboxylic acids is 1. The van der Waals surface area contributed by atoms with Crippen molar-refractivity contribution >= 4 is 53.1 Å². The minimum atomic E-state index is 0. The molecule has 9 heteroatoms. The molecule has 0 saturated carbocycles. The standard InChI is InChI=1S/C23H30ClN5O2.HI/c1-25-23(26-16-18-5-7-20(24)8-6-18)27-17-19-3-2-4-21(15-19)28-22(30)9-10-29-11-13-31-14-12-29;/h2-8,15H,9-14,16-17H2,1H3,(H,28,30)(H2,25,26,27);1H. The van der Waals surface area contributed by atoms with Gasteiger partial charge in [-0.1, -0.05) is 35.9 Å². The molecular formula is C23H31ClIN5O2. The van der Waals surface area contributed by atoms with Crippen molar-refractivity contribution in [1.29, 1.82) is 0 Å². The van der Waals surface area contributed by atoms with Crippen molar-refractivity contribution in [3.05, 3.63) is 64.7 Å². The van der Waals surface area contributed by atoms with E-state index in [4.69, 9.17) is 16.3 Å². The third kappa shape index (κ3) is 9.32. The van der Waals surface area contributed by atoms with Crippen LogP contribution in [-0.2, 0) is 22.6 Å². The molecule has 3 rings (SSSR count). The molecule has 0 atom stereocenters. The summed E-state index contributed by atoms with van der Waals surface area (Å²) in [5.74, 6) is 0.729. The summed E-state index contributed by atoms with van der Waals surface area (Å²) in [6.07, 6.45) is 0.476. The van der Waals surface area contributed by atoms with Crippen molar-refractivity contribution in [3.63, 3.8) is 0 Å². The van der Waals surface area contributed by atoms with Gasteiger partial charge in [-0.15, -0.1) is 24.0 Å². The molecular weight excluding hydrogens is 541 g/mol. The molecule has 2 aromatic rings. The predicted octanol–water partition coefficient (Wildman–Crippen LogP) is 3.48. The van der Waals surface area contributed by atoms with Gasteiger partial charge in [-0.2, -0.15) is 0 Å². The van der Waals surface area contributed by atoms with Crippen LogP contribution in [0.3, 0.4) is 0 Å². The Morgan fingerprint density at radius 3 is 2.44 bits per heavy atom. The van der Waals surface area contributed by atoms with Crippen molar-refractivity contribution < 1.29 is 9.53 Å². The summed E-state index contributed by atoms with van der Waals surface area (Å²) in [5.41, 5.74) is 2.98. The van der Waals surface area contributed by atoms with Gasteiger partial charge < -0.3 is 20.7 Å². The van der Waals surface area contributed by atoms with Crippen LogP contribution >= 0.6 is 35.6 Å². The second kappa shape index (κ2) is 14.3. The first kappa shape index (κ1) is 26.4. The van der Waals surface area contributed by atoms with E-state index in [0.29, 0.717) is 25.5 Å². The normalized spacial score (nSPS) is 14.4. The van der Waals surface area contributed by atoms with Gasteiger partial charge >= 0.3 is 0 Å². The van der Waals surface area contributed by atoms with E-state index < -0.39 is 0 Å². The lowest BCUT2D eigenvalue weighted by molar-refractivity contribution is -0.116. The number of ether oxygens (including phenoxy) is 1. The molecule has 32 heavy (non-hydrogen) atoms. The molecule has 0 aliphatic carbocycles. The Kier molecular flexibility index (Phi) is 11.8. The lowest BCUT2D eigenvalue weighted by Crippen LogP contribution is -2.38. The van der Waals surface area contributed by atoms with E-state index in [9.17, 15) is 4.79 Å². The van der Waals surface area contributed by atoms with Gasteiger partial charge in [0.25, 0.3) is 0 Å². The van der Waals surface area contributed by atoms with E-state index >= 15 is 0 Å². The van der Waals surface area contributed by atoms with Crippen LogP contribution in [0.15, 0.2) is 53.5 Å². The van der Waals surface area contributed by atoms with E-state index in [0.717, 1.165) is 54.7 Å². The molecule has 2 aromatic carbocycles. The van der Waals surface area contributed by atoms with E-state index in [2.05, 4.69) is 25.8 Å². The summed E-state index contributed by atoms with van der Waals surface area (Å²) >= 11 is 5.93. The molecule has 1 fully saturated rings. The number of nitrogens with zero attached hydrogens (tertiary/aromatic N) is 2. The molecule has 1 aliphatic heterocycles. The Bertz CT molecular complexity index is 873. The maximum Gasteiger partial charge on any atom is 0.225 e. The Morgan fingerprint density at radius 2 is 1.75 bits per heavy atom. The van der Waals surface area contributed by atoms with Crippen LogP contribution in [0.25, 0.3) is 0 Å². The van der Waals surface area contributed by atoms with E-state index in [1.807, 2.05) is 48.5 Å². The monoisotopic (exact) mass is 571 g/mol. The minimum Gasteiger partial charge on any atom is -0.379 e. The average Bonchev–Trinajstić information content (AvgIpc) is 2.80. The van der Waals surface area contributed by atoms with Crippen molar-refractivity contribution in [3.8, 4) is 0 Å². The van der Waals surface area contributed by atoms with Gasteiger partial charge in [0.05, 0.1) is 13.2 Å². The van der Waals surface area contributed by atoms with Crippen molar-refractivity contribution in [1.82, 2.24) is 15.5 Å². The van der Waals surface area contributed by atoms with E-state index in [1.165, 1.54) is 0 Å². The van der Waals surface area contributed by atoms with Gasteiger partial charge in [0.2, 0.25) is 5.91 Å². The molecule has 0 aromatic heterocycles. The SMILES string of the molecule is CN=C(NCc1ccc(Cl)cc1)NCc1cccc(NC(=O)CCN2CCOCC2)c1.I. The zero-order valence-corrected chi connectivity index (χ0v) is 21.4. The highest BCUT2D eigenvalue weighted by Gasteiger charge is 2.12. The van der Waals surface area contributed by atoms with Gasteiger partial charge in [-0.3, -0.25) is 14.7 Å². The number of hydrogen-bond acceptors (Lipinski definition) is 4. The Labute approximate surface area is 212 Å². The van der Waals surface area contributed by atoms with Crippen molar-refractivity contribution in [2.45, 2.75) is 19.5 Å². The lowest BCUT2D eigenvalue weighted by atomic mass is 10.2. The van der Waals surface area contributed by atoms with Crippen LogP contribution < -0.4 is 16.0 Å². The summed E-state index contributed by atoms with van der Waals surface area (Å²) < 4.78 is 5.34. The minimum absolute atomic E-state index is 0. The topological polar surface area (TPSA) is 78.0 Å². The maximum atomic E-state index is 12.3. The fourth-order valence-corrected chi connectivity index (χ4v) is 3.39. The number of benzene rings is 2. The molecule has 7 nitrogen and oxygen atoms in total. The fraction of sp³-hybridized carbons (Fsp3) is 0.391. The first-order valence-corrected chi connectivity index (χ1v) is 10.9. The largest absolute Gasteiger partial charge is 0.379 e. The summed E-state index contributed by atoms with van der Waals surface area (Å²) in [7, 11) is 1.74. The molecule has 0 bridgehead atoms. The summed E-state index contributed by atoms with van der Waals surface area (Å²) in [6.45, 7) is 5.27. The zero-order valence-electron chi connectivity index (χ0n) is 18.3. The number of rotatable bonds is 8. The number of carbonyl (C=O) groups is 1. The molecule has 0 unspecified atom stereocenters.